The molecule has 0 aromatic heterocycles. The lowest BCUT2D eigenvalue weighted by Gasteiger charge is -2.31. The van der Waals surface area contributed by atoms with Gasteiger partial charge in [0.1, 0.15) is 0 Å². The second kappa shape index (κ2) is 14.9. The second-order valence-corrected chi connectivity index (χ2v) is 18.7. The molecule has 0 spiro atoms. The summed E-state index contributed by atoms with van der Waals surface area (Å²) in [5.41, 5.74) is 19.6. The maximum absolute atomic E-state index is 2.53. The normalized spacial score (nSPS) is 20.3. The number of hydrogen-bond acceptors (Lipinski definition) is 1. The van der Waals surface area contributed by atoms with Crippen molar-refractivity contribution < 1.29 is 0 Å². The standard InChI is InChI=1S/C58H55N/c1-58(2)55-20-12-11-19-51(55)54-37-53(42-15-7-4-8-16-42)57(38-56(54)58)59(48-33-29-45(30-34-48)52-36-39-21-22-46(52)35-39)47-31-27-44(28-32-47)50-18-10-9-17-49(50)43-25-23-41(24-26-43)40-13-5-3-6-14-40/h4,7-12,15-20,23-34,37-40,46,52H,3,5-6,13-14,21-22,35-36H2,1-2H3. The first-order valence-corrected chi connectivity index (χ1v) is 22.5. The third kappa shape index (κ3) is 6.46. The van der Waals surface area contributed by atoms with Crippen LogP contribution in [0.25, 0.3) is 44.5 Å². The van der Waals surface area contributed by atoms with Gasteiger partial charge in [0.2, 0.25) is 0 Å². The van der Waals surface area contributed by atoms with Gasteiger partial charge in [0.15, 0.2) is 0 Å². The fourth-order valence-corrected chi connectivity index (χ4v) is 11.9. The van der Waals surface area contributed by atoms with Gasteiger partial charge in [0.05, 0.1) is 5.69 Å². The topological polar surface area (TPSA) is 3.24 Å². The van der Waals surface area contributed by atoms with Crippen molar-refractivity contribution in [3.8, 4) is 44.5 Å². The monoisotopic (exact) mass is 765 g/mol. The van der Waals surface area contributed by atoms with Crippen molar-refractivity contribution >= 4 is 17.1 Å². The quantitative estimate of drug-likeness (QED) is 0.149. The molecule has 2 bridgehead atoms. The Morgan fingerprint density at radius 3 is 1.66 bits per heavy atom. The van der Waals surface area contributed by atoms with E-state index >= 15 is 0 Å². The molecular weight excluding hydrogens is 711 g/mol. The van der Waals surface area contributed by atoms with Crippen LogP contribution in [0.1, 0.15) is 106 Å². The van der Waals surface area contributed by atoms with Crippen LogP contribution in [0.4, 0.5) is 17.1 Å². The molecule has 0 aliphatic heterocycles. The molecule has 3 saturated carbocycles. The number of fused-ring (bicyclic) bond motifs is 5. The Hall–Kier alpha value is -5.66. The summed E-state index contributed by atoms with van der Waals surface area (Å²) in [5.74, 6) is 3.21. The zero-order chi connectivity index (χ0) is 39.5. The summed E-state index contributed by atoms with van der Waals surface area (Å²) >= 11 is 0. The number of hydrogen-bond donors (Lipinski definition) is 0. The van der Waals surface area contributed by atoms with Crippen LogP contribution in [0.15, 0.2) is 164 Å². The van der Waals surface area contributed by atoms with Gasteiger partial charge in [-0.15, -0.1) is 0 Å². The van der Waals surface area contributed by atoms with Gasteiger partial charge >= 0.3 is 0 Å². The average Bonchev–Trinajstić information content (AvgIpc) is 4.00. The predicted octanol–water partition coefficient (Wildman–Crippen LogP) is 16.4. The number of benzene rings is 7. The van der Waals surface area contributed by atoms with Crippen LogP contribution in [-0.4, -0.2) is 0 Å². The van der Waals surface area contributed by atoms with Gasteiger partial charge in [-0.3, -0.25) is 0 Å². The largest absolute Gasteiger partial charge is 0.310 e. The number of nitrogens with zero attached hydrogens (tertiary/aromatic N) is 1. The molecule has 11 rings (SSSR count). The first-order valence-electron chi connectivity index (χ1n) is 22.5. The van der Waals surface area contributed by atoms with Crippen molar-refractivity contribution in [3.63, 3.8) is 0 Å². The molecule has 0 heterocycles. The minimum absolute atomic E-state index is 0.116. The van der Waals surface area contributed by atoms with E-state index in [-0.39, 0.29) is 5.41 Å². The van der Waals surface area contributed by atoms with Gasteiger partial charge in [0.25, 0.3) is 0 Å². The Balaban J connectivity index is 1.02. The molecule has 59 heavy (non-hydrogen) atoms. The summed E-state index contributed by atoms with van der Waals surface area (Å²) in [6.07, 6.45) is 12.4. The van der Waals surface area contributed by atoms with Gasteiger partial charge in [-0.05, 0) is 153 Å². The second-order valence-electron chi connectivity index (χ2n) is 18.7. The molecule has 3 atom stereocenters. The predicted molar refractivity (Wildman–Crippen MR) is 249 cm³/mol. The van der Waals surface area contributed by atoms with E-state index in [0.717, 1.165) is 11.8 Å². The van der Waals surface area contributed by atoms with Crippen molar-refractivity contribution in [3.05, 3.63) is 186 Å². The van der Waals surface area contributed by atoms with Crippen molar-refractivity contribution in [1.82, 2.24) is 0 Å². The Morgan fingerprint density at radius 1 is 0.441 bits per heavy atom. The van der Waals surface area contributed by atoms with E-state index < -0.39 is 0 Å². The van der Waals surface area contributed by atoms with Crippen LogP contribution in [0.3, 0.4) is 0 Å². The fraction of sp³-hybridized carbons (Fsp3) is 0.276. The van der Waals surface area contributed by atoms with Crippen molar-refractivity contribution in [2.75, 3.05) is 4.90 Å². The zero-order valence-corrected chi connectivity index (χ0v) is 34.7. The molecule has 0 N–H and O–H groups in total. The highest BCUT2D eigenvalue weighted by Gasteiger charge is 2.40. The molecule has 0 saturated heterocycles. The highest BCUT2D eigenvalue weighted by atomic mass is 15.1. The van der Waals surface area contributed by atoms with E-state index in [0.29, 0.717) is 11.8 Å². The summed E-state index contributed by atoms with van der Waals surface area (Å²) in [6, 6.07) is 62.6. The molecule has 3 fully saturated rings. The molecule has 0 radical (unpaired) electrons. The summed E-state index contributed by atoms with van der Waals surface area (Å²) in [4.78, 5) is 2.53. The minimum atomic E-state index is -0.116. The van der Waals surface area contributed by atoms with E-state index in [9.17, 15) is 0 Å². The number of anilines is 3. The molecule has 0 amide bonds. The molecule has 1 heteroatoms. The third-order valence-corrected chi connectivity index (χ3v) is 15.0. The van der Waals surface area contributed by atoms with Gasteiger partial charge in [0, 0.05) is 22.4 Å². The Bertz CT molecular complexity index is 2610. The lowest BCUT2D eigenvalue weighted by molar-refractivity contribution is 0.420. The van der Waals surface area contributed by atoms with Crippen LogP contribution in [0.2, 0.25) is 0 Å². The molecule has 4 aliphatic carbocycles. The highest BCUT2D eigenvalue weighted by molar-refractivity contribution is 5.95. The van der Waals surface area contributed by atoms with Crippen LogP contribution in [0, 0.1) is 11.8 Å². The van der Waals surface area contributed by atoms with Gasteiger partial charge < -0.3 is 4.90 Å². The summed E-state index contributed by atoms with van der Waals surface area (Å²) in [5, 5.41) is 0. The van der Waals surface area contributed by atoms with Crippen molar-refractivity contribution in [1.29, 1.82) is 0 Å². The molecule has 7 aromatic rings. The summed E-state index contributed by atoms with van der Waals surface area (Å²) < 4.78 is 0. The third-order valence-electron chi connectivity index (χ3n) is 15.0. The summed E-state index contributed by atoms with van der Waals surface area (Å²) in [6.45, 7) is 4.79. The molecule has 4 aliphatic rings. The first-order chi connectivity index (χ1) is 29.0. The van der Waals surface area contributed by atoms with Crippen LogP contribution < -0.4 is 4.90 Å². The Morgan fingerprint density at radius 2 is 1.02 bits per heavy atom. The number of rotatable bonds is 8. The lowest BCUT2D eigenvalue weighted by Crippen LogP contribution is -2.17. The zero-order valence-electron chi connectivity index (χ0n) is 34.7. The van der Waals surface area contributed by atoms with Crippen LogP contribution in [0.5, 0.6) is 0 Å². The van der Waals surface area contributed by atoms with E-state index in [1.807, 2.05) is 0 Å². The van der Waals surface area contributed by atoms with Crippen molar-refractivity contribution in [2.24, 2.45) is 11.8 Å². The van der Waals surface area contributed by atoms with E-state index in [1.54, 1.807) is 0 Å². The van der Waals surface area contributed by atoms with E-state index in [4.69, 9.17) is 0 Å². The van der Waals surface area contributed by atoms with E-state index in [1.165, 1.54) is 142 Å². The Labute approximate surface area is 351 Å². The minimum Gasteiger partial charge on any atom is -0.310 e. The maximum atomic E-state index is 2.53. The maximum Gasteiger partial charge on any atom is 0.0543 e. The molecule has 7 aromatic carbocycles. The molecular formula is C58H55N. The molecule has 1 nitrogen and oxygen atoms in total. The highest BCUT2D eigenvalue weighted by Crippen LogP contribution is 2.55. The van der Waals surface area contributed by atoms with Crippen molar-refractivity contribution in [2.45, 2.75) is 88.9 Å². The Kier molecular flexibility index (Phi) is 9.18. The average molecular weight is 766 g/mol. The molecule has 3 unspecified atom stereocenters. The van der Waals surface area contributed by atoms with Crippen LogP contribution >= 0.6 is 0 Å². The fourth-order valence-electron chi connectivity index (χ4n) is 11.9. The van der Waals surface area contributed by atoms with Crippen LogP contribution in [-0.2, 0) is 5.41 Å². The SMILES string of the molecule is CC1(C)c2ccccc2-c2cc(-c3ccccc3)c(N(c3ccc(-c4ccccc4-c4ccc(C5CCCCC5)cc4)cc3)c3ccc(C4CC5CCC4C5)cc3)cc21. The first kappa shape index (κ1) is 36.4. The van der Waals surface area contributed by atoms with Gasteiger partial charge in [-0.25, -0.2) is 0 Å². The van der Waals surface area contributed by atoms with Gasteiger partial charge in [-0.1, -0.05) is 167 Å². The summed E-state index contributed by atoms with van der Waals surface area (Å²) in [7, 11) is 0. The smallest absolute Gasteiger partial charge is 0.0543 e. The lowest BCUT2D eigenvalue weighted by atomic mass is 9.81. The van der Waals surface area contributed by atoms with Gasteiger partial charge in [-0.2, -0.15) is 0 Å². The van der Waals surface area contributed by atoms with E-state index in [2.05, 4.69) is 183 Å². The molecule has 292 valence electrons.